The van der Waals surface area contributed by atoms with Crippen LogP contribution in [0, 0.1) is 5.82 Å². The van der Waals surface area contributed by atoms with Gasteiger partial charge in [0.05, 0.1) is 5.54 Å². The lowest BCUT2D eigenvalue weighted by atomic mass is 9.71. The number of hydrogen-bond donors (Lipinski definition) is 1. The highest BCUT2D eigenvalue weighted by Gasteiger charge is 2.40. The van der Waals surface area contributed by atoms with Crippen LogP contribution in [0.2, 0.25) is 0 Å². The molecule has 2 aromatic rings. The zero-order chi connectivity index (χ0) is 14.0. The van der Waals surface area contributed by atoms with Crippen LogP contribution >= 0.6 is 0 Å². The summed E-state index contributed by atoms with van der Waals surface area (Å²) in [5.41, 5.74) is 0.984. The van der Waals surface area contributed by atoms with E-state index in [1.807, 2.05) is 0 Å². The van der Waals surface area contributed by atoms with E-state index < -0.39 is 0 Å². The number of amides is 1. The maximum absolute atomic E-state index is 13.0. The Bertz CT molecular complexity index is 606. The van der Waals surface area contributed by atoms with E-state index in [1.165, 1.54) is 12.1 Å². The maximum Gasteiger partial charge on any atom is 0.270 e. The fraction of sp³-hybridized carbons (Fsp3) is 0.250. The maximum atomic E-state index is 13.0. The summed E-state index contributed by atoms with van der Waals surface area (Å²) in [4.78, 5) is 16.3. The summed E-state index contributed by atoms with van der Waals surface area (Å²) in [7, 11) is 0. The molecular formula is C16H15FN2O. The van der Waals surface area contributed by atoms with E-state index in [9.17, 15) is 9.18 Å². The lowest BCUT2D eigenvalue weighted by Gasteiger charge is -2.43. The molecule has 1 N–H and O–H groups in total. The van der Waals surface area contributed by atoms with Gasteiger partial charge in [0.25, 0.3) is 5.91 Å². The van der Waals surface area contributed by atoms with Crippen molar-refractivity contribution in [2.24, 2.45) is 0 Å². The van der Waals surface area contributed by atoms with Gasteiger partial charge in [-0.15, -0.1) is 0 Å². The van der Waals surface area contributed by atoms with Crippen molar-refractivity contribution in [1.82, 2.24) is 10.3 Å². The van der Waals surface area contributed by atoms with Crippen LogP contribution in [0.1, 0.15) is 35.3 Å². The SMILES string of the molecule is O=C(NC1(c2ccc(F)cc2)CCC1)c1ccccn1. The largest absolute Gasteiger partial charge is 0.341 e. The van der Waals surface area contributed by atoms with Gasteiger partial charge >= 0.3 is 0 Å². The Balaban J connectivity index is 1.83. The molecule has 0 radical (unpaired) electrons. The Hall–Kier alpha value is -2.23. The van der Waals surface area contributed by atoms with Gasteiger partial charge in [0, 0.05) is 6.20 Å². The standard InChI is InChI=1S/C16H15FN2O/c17-13-7-5-12(6-8-13)16(9-3-10-16)19-15(20)14-4-1-2-11-18-14/h1-2,4-8,11H,3,9-10H2,(H,19,20). The molecule has 1 saturated carbocycles. The van der Waals surface area contributed by atoms with E-state index in [0.717, 1.165) is 24.8 Å². The lowest BCUT2D eigenvalue weighted by molar-refractivity contribution is 0.0818. The molecule has 0 bridgehead atoms. The van der Waals surface area contributed by atoms with Crippen LogP contribution in [-0.2, 0) is 5.54 Å². The monoisotopic (exact) mass is 270 g/mol. The Labute approximate surface area is 116 Å². The number of nitrogens with zero attached hydrogens (tertiary/aromatic N) is 1. The molecule has 0 aliphatic heterocycles. The number of aromatic nitrogens is 1. The van der Waals surface area contributed by atoms with Crippen LogP contribution in [0.5, 0.6) is 0 Å². The first-order valence-electron chi connectivity index (χ1n) is 6.69. The molecule has 0 atom stereocenters. The average Bonchev–Trinajstić information content (AvgIpc) is 2.45. The quantitative estimate of drug-likeness (QED) is 0.931. The first-order valence-corrected chi connectivity index (χ1v) is 6.69. The van der Waals surface area contributed by atoms with Crippen molar-refractivity contribution in [3.8, 4) is 0 Å². The average molecular weight is 270 g/mol. The molecule has 1 aliphatic rings. The zero-order valence-corrected chi connectivity index (χ0v) is 11.0. The highest BCUT2D eigenvalue weighted by molar-refractivity contribution is 5.92. The second-order valence-electron chi connectivity index (χ2n) is 5.11. The van der Waals surface area contributed by atoms with Crippen molar-refractivity contribution >= 4 is 5.91 Å². The van der Waals surface area contributed by atoms with Gasteiger partial charge in [0.1, 0.15) is 11.5 Å². The minimum Gasteiger partial charge on any atom is -0.341 e. The van der Waals surface area contributed by atoms with Gasteiger partial charge in [0.2, 0.25) is 0 Å². The molecule has 0 saturated heterocycles. The number of halogens is 1. The van der Waals surface area contributed by atoms with Gasteiger partial charge in [-0.1, -0.05) is 18.2 Å². The first-order chi connectivity index (χ1) is 9.70. The van der Waals surface area contributed by atoms with E-state index in [4.69, 9.17) is 0 Å². The molecular weight excluding hydrogens is 255 g/mol. The Morgan fingerprint density at radius 1 is 1.15 bits per heavy atom. The van der Waals surface area contributed by atoms with Crippen LogP contribution < -0.4 is 5.32 Å². The molecule has 1 aliphatic carbocycles. The number of carbonyl (C=O) groups is 1. The van der Waals surface area contributed by atoms with Crippen molar-refractivity contribution in [3.05, 3.63) is 65.7 Å². The van der Waals surface area contributed by atoms with E-state index >= 15 is 0 Å². The van der Waals surface area contributed by atoms with E-state index in [1.54, 1.807) is 36.5 Å². The second-order valence-corrected chi connectivity index (χ2v) is 5.11. The number of pyridine rings is 1. The number of hydrogen-bond acceptors (Lipinski definition) is 2. The molecule has 1 fully saturated rings. The highest BCUT2D eigenvalue weighted by Crippen LogP contribution is 2.41. The summed E-state index contributed by atoms with van der Waals surface area (Å²) < 4.78 is 13.0. The zero-order valence-electron chi connectivity index (χ0n) is 11.0. The Morgan fingerprint density at radius 3 is 2.45 bits per heavy atom. The smallest absolute Gasteiger partial charge is 0.270 e. The first kappa shape index (κ1) is 12.8. The number of nitrogens with one attached hydrogen (secondary N) is 1. The molecule has 1 amide bonds. The molecule has 3 rings (SSSR count). The van der Waals surface area contributed by atoms with Gasteiger partial charge in [-0.25, -0.2) is 4.39 Å². The molecule has 1 heterocycles. The van der Waals surface area contributed by atoms with Crippen LogP contribution in [0.4, 0.5) is 4.39 Å². The number of carbonyl (C=O) groups excluding carboxylic acids is 1. The van der Waals surface area contributed by atoms with Gasteiger partial charge in [-0.05, 0) is 49.1 Å². The predicted molar refractivity (Wildman–Crippen MR) is 73.6 cm³/mol. The van der Waals surface area contributed by atoms with Crippen molar-refractivity contribution in [1.29, 1.82) is 0 Å². The van der Waals surface area contributed by atoms with Crippen molar-refractivity contribution < 1.29 is 9.18 Å². The normalized spacial score (nSPS) is 16.2. The van der Waals surface area contributed by atoms with Crippen molar-refractivity contribution in [2.75, 3.05) is 0 Å². The lowest BCUT2D eigenvalue weighted by Crippen LogP contribution is -2.50. The van der Waals surface area contributed by atoms with Crippen LogP contribution in [0.15, 0.2) is 48.7 Å². The topological polar surface area (TPSA) is 42.0 Å². The molecule has 0 spiro atoms. The third-order valence-corrected chi connectivity index (χ3v) is 3.85. The minimum absolute atomic E-state index is 0.186. The second kappa shape index (κ2) is 5.04. The van der Waals surface area contributed by atoms with Gasteiger partial charge < -0.3 is 5.32 Å². The fourth-order valence-electron chi connectivity index (χ4n) is 2.56. The van der Waals surface area contributed by atoms with Crippen molar-refractivity contribution in [3.63, 3.8) is 0 Å². The van der Waals surface area contributed by atoms with Gasteiger partial charge in [-0.2, -0.15) is 0 Å². The summed E-state index contributed by atoms with van der Waals surface area (Å²) >= 11 is 0. The summed E-state index contributed by atoms with van der Waals surface area (Å²) in [5.74, 6) is -0.450. The third kappa shape index (κ3) is 2.29. The van der Waals surface area contributed by atoms with Crippen LogP contribution in [-0.4, -0.2) is 10.9 Å². The fourth-order valence-corrected chi connectivity index (χ4v) is 2.56. The summed E-state index contributed by atoms with van der Waals surface area (Å²) in [6, 6.07) is 11.6. The molecule has 102 valence electrons. The molecule has 0 unspecified atom stereocenters. The predicted octanol–water partition coefficient (Wildman–Crippen LogP) is 3.03. The van der Waals surface area contributed by atoms with E-state index in [-0.39, 0.29) is 17.3 Å². The van der Waals surface area contributed by atoms with Crippen molar-refractivity contribution in [2.45, 2.75) is 24.8 Å². The minimum atomic E-state index is -0.373. The molecule has 1 aromatic heterocycles. The summed E-state index contributed by atoms with van der Waals surface area (Å²) in [6.45, 7) is 0. The summed E-state index contributed by atoms with van der Waals surface area (Å²) in [5, 5.41) is 3.06. The highest BCUT2D eigenvalue weighted by atomic mass is 19.1. The van der Waals surface area contributed by atoms with Gasteiger partial charge in [0.15, 0.2) is 0 Å². The molecule has 4 heteroatoms. The van der Waals surface area contributed by atoms with E-state index in [0.29, 0.717) is 5.69 Å². The Kier molecular flexibility index (Phi) is 3.22. The molecule has 20 heavy (non-hydrogen) atoms. The third-order valence-electron chi connectivity index (χ3n) is 3.85. The molecule has 3 nitrogen and oxygen atoms in total. The number of benzene rings is 1. The Morgan fingerprint density at radius 2 is 1.90 bits per heavy atom. The molecule has 1 aromatic carbocycles. The number of rotatable bonds is 3. The van der Waals surface area contributed by atoms with E-state index in [2.05, 4.69) is 10.3 Å². The van der Waals surface area contributed by atoms with Crippen LogP contribution in [0.3, 0.4) is 0 Å². The summed E-state index contributed by atoms with van der Waals surface area (Å²) in [6.07, 6.45) is 4.40. The van der Waals surface area contributed by atoms with Crippen LogP contribution in [0.25, 0.3) is 0 Å². The van der Waals surface area contributed by atoms with Gasteiger partial charge in [-0.3, -0.25) is 9.78 Å².